The van der Waals surface area contributed by atoms with E-state index in [2.05, 4.69) is 0 Å². The first kappa shape index (κ1) is 14.0. The maximum Gasteiger partial charge on any atom is 0.339 e. The summed E-state index contributed by atoms with van der Waals surface area (Å²) >= 11 is 5.74. The Bertz CT molecular complexity index is 712. The van der Waals surface area contributed by atoms with Crippen molar-refractivity contribution in [3.8, 4) is 11.1 Å². The standard InChI is InChI=1S/C14H8ClFO4/c15-10-5-4-7(6-9(10)13(17)18)8-2-1-3-11(16)12(8)14(19)20/h1-6H,(H,17,18)(H,19,20). The second kappa shape index (κ2) is 5.30. The molecule has 4 nitrogen and oxygen atoms in total. The number of hydrogen-bond donors (Lipinski definition) is 2. The van der Waals surface area contributed by atoms with Gasteiger partial charge < -0.3 is 10.2 Å². The minimum Gasteiger partial charge on any atom is -0.478 e. The third kappa shape index (κ3) is 2.48. The van der Waals surface area contributed by atoms with Crippen LogP contribution in [0.1, 0.15) is 20.7 Å². The fraction of sp³-hybridized carbons (Fsp3) is 0. The van der Waals surface area contributed by atoms with Gasteiger partial charge in [0.1, 0.15) is 11.4 Å². The molecule has 102 valence electrons. The fourth-order valence-corrected chi connectivity index (χ4v) is 2.04. The molecule has 0 heterocycles. The molecule has 0 fully saturated rings. The van der Waals surface area contributed by atoms with E-state index in [9.17, 15) is 14.0 Å². The highest BCUT2D eigenvalue weighted by atomic mass is 35.5. The molecule has 6 heteroatoms. The molecule has 0 bridgehead atoms. The second-order valence-electron chi connectivity index (χ2n) is 3.97. The van der Waals surface area contributed by atoms with Gasteiger partial charge in [0.2, 0.25) is 0 Å². The predicted molar refractivity (Wildman–Crippen MR) is 70.8 cm³/mol. The quantitative estimate of drug-likeness (QED) is 0.908. The van der Waals surface area contributed by atoms with Crippen molar-refractivity contribution in [3.05, 3.63) is 58.4 Å². The van der Waals surface area contributed by atoms with Crippen LogP contribution in [0, 0.1) is 5.82 Å². The van der Waals surface area contributed by atoms with Gasteiger partial charge in [-0.2, -0.15) is 0 Å². The molecule has 0 aromatic heterocycles. The SMILES string of the molecule is O=C(O)c1cc(-c2cccc(F)c2C(=O)O)ccc1Cl. The molecule has 0 saturated heterocycles. The predicted octanol–water partition coefficient (Wildman–Crippen LogP) is 3.54. The molecular formula is C14H8ClFO4. The number of carbonyl (C=O) groups is 2. The van der Waals surface area contributed by atoms with E-state index < -0.39 is 23.3 Å². The van der Waals surface area contributed by atoms with Crippen molar-refractivity contribution in [3.63, 3.8) is 0 Å². The van der Waals surface area contributed by atoms with Crippen LogP contribution in [0.5, 0.6) is 0 Å². The summed E-state index contributed by atoms with van der Waals surface area (Å²) < 4.78 is 13.6. The van der Waals surface area contributed by atoms with E-state index in [1.54, 1.807) is 0 Å². The summed E-state index contributed by atoms with van der Waals surface area (Å²) in [6.45, 7) is 0. The number of carboxylic acid groups (broad SMARTS) is 2. The summed E-state index contributed by atoms with van der Waals surface area (Å²) in [4.78, 5) is 22.1. The van der Waals surface area contributed by atoms with Crippen molar-refractivity contribution in [1.82, 2.24) is 0 Å². The van der Waals surface area contributed by atoms with Gasteiger partial charge in [-0.1, -0.05) is 29.8 Å². The Morgan fingerprint density at radius 1 is 1.05 bits per heavy atom. The Balaban J connectivity index is 2.69. The lowest BCUT2D eigenvalue weighted by Crippen LogP contribution is -2.04. The second-order valence-corrected chi connectivity index (χ2v) is 4.37. The zero-order valence-electron chi connectivity index (χ0n) is 9.93. The zero-order valence-corrected chi connectivity index (χ0v) is 10.7. The van der Waals surface area contributed by atoms with E-state index in [1.807, 2.05) is 0 Å². The third-order valence-electron chi connectivity index (χ3n) is 2.74. The van der Waals surface area contributed by atoms with Crippen LogP contribution in [0.15, 0.2) is 36.4 Å². The molecule has 2 rings (SSSR count). The molecule has 0 unspecified atom stereocenters. The van der Waals surface area contributed by atoms with Gasteiger partial charge in [0.25, 0.3) is 0 Å². The van der Waals surface area contributed by atoms with Crippen molar-refractivity contribution < 1.29 is 24.2 Å². The molecule has 0 aliphatic carbocycles. The summed E-state index contributed by atoms with van der Waals surface area (Å²) in [5.74, 6) is -3.56. The van der Waals surface area contributed by atoms with Crippen LogP contribution in [-0.2, 0) is 0 Å². The molecule has 0 atom stereocenters. The van der Waals surface area contributed by atoms with Crippen LogP contribution in [0.4, 0.5) is 4.39 Å². The Labute approximate surface area is 118 Å². The minimum absolute atomic E-state index is 0.0227. The normalized spacial score (nSPS) is 10.3. The van der Waals surface area contributed by atoms with Crippen LogP contribution < -0.4 is 0 Å². The number of carboxylic acids is 2. The van der Waals surface area contributed by atoms with Gasteiger partial charge in [-0.15, -0.1) is 0 Å². The maximum atomic E-state index is 13.6. The molecule has 20 heavy (non-hydrogen) atoms. The highest BCUT2D eigenvalue weighted by molar-refractivity contribution is 6.33. The number of hydrogen-bond acceptors (Lipinski definition) is 2. The number of halogens is 2. The van der Waals surface area contributed by atoms with Crippen molar-refractivity contribution in [2.45, 2.75) is 0 Å². The Kier molecular flexibility index (Phi) is 3.72. The van der Waals surface area contributed by atoms with E-state index in [-0.39, 0.29) is 21.7 Å². The molecule has 0 amide bonds. The molecule has 0 spiro atoms. The van der Waals surface area contributed by atoms with E-state index in [1.165, 1.54) is 30.3 Å². The summed E-state index contributed by atoms with van der Waals surface area (Å²) in [7, 11) is 0. The molecule has 2 aromatic rings. The summed E-state index contributed by atoms with van der Waals surface area (Å²) in [5, 5.41) is 18.1. The lowest BCUT2D eigenvalue weighted by atomic mass is 9.97. The Hall–Kier alpha value is -2.40. The molecule has 0 radical (unpaired) electrons. The van der Waals surface area contributed by atoms with Gasteiger partial charge in [0, 0.05) is 0 Å². The van der Waals surface area contributed by atoms with Gasteiger partial charge >= 0.3 is 11.9 Å². The smallest absolute Gasteiger partial charge is 0.339 e. The third-order valence-corrected chi connectivity index (χ3v) is 3.06. The monoisotopic (exact) mass is 294 g/mol. The van der Waals surface area contributed by atoms with Gasteiger partial charge in [0.05, 0.1) is 10.6 Å². The summed E-state index contributed by atoms with van der Waals surface area (Å²) in [6, 6.07) is 7.77. The first-order chi connectivity index (χ1) is 9.41. The molecule has 0 saturated carbocycles. The molecular weight excluding hydrogens is 287 g/mol. The average molecular weight is 295 g/mol. The van der Waals surface area contributed by atoms with Crippen LogP contribution in [0.3, 0.4) is 0 Å². The zero-order chi connectivity index (χ0) is 14.9. The van der Waals surface area contributed by atoms with Crippen LogP contribution in [-0.4, -0.2) is 22.2 Å². The summed E-state index contributed by atoms with van der Waals surface area (Å²) in [6.07, 6.45) is 0. The van der Waals surface area contributed by atoms with E-state index in [4.69, 9.17) is 21.8 Å². The Morgan fingerprint density at radius 2 is 1.75 bits per heavy atom. The largest absolute Gasteiger partial charge is 0.478 e. The molecule has 0 aliphatic rings. The van der Waals surface area contributed by atoms with Crippen LogP contribution >= 0.6 is 11.6 Å². The van der Waals surface area contributed by atoms with E-state index >= 15 is 0 Å². The Morgan fingerprint density at radius 3 is 2.35 bits per heavy atom. The van der Waals surface area contributed by atoms with Crippen molar-refractivity contribution >= 4 is 23.5 Å². The van der Waals surface area contributed by atoms with Crippen LogP contribution in [0.25, 0.3) is 11.1 Å². The molecule has 2 aromatic carbocycles. The minimum atomic E-state index is -1.43. The first-order valence-electron chi connectivity index (χ1n) is 5.47. The van der Waals surface area contributed by atoms with Gasteiger partial charge in [0.15, 0.2) is 0 Å². The topological polar surface area (TPSA) is 74.6 Å². The lowest BCUT2D eigenvalue weighted by molar-refractivity contribution is 0.0684. The van der Waals surface area contributed by atoms with Crippen molar-refractivity contribution in [2.24, 2.45) is 0 Å². The van der Waals surface area contributed by atoms with E-state index in [0.717, 1.165) is 6.07 Å². The lowest BCUT2D eigenvalue weighted by Gasteiger charge is -2.09. The van der Waals surface area contributed by atoms with Gasteiger partial charge in [-0.3, -0.25) is 0 Å². The van der Waals surface area contributed by atoms with Gasteiger partial charge in [-0.25, -0.2) is 14.0 Å². The average Bonchev–Trinajstić information content (AvgIpc) is 2.38. The number of aromatic carboxylic acids is 2. The highest BCUT2D eigenvalue weighted by Crippen LogP contribution is 2.29. The molecule has 0 aliphatic heterocycles. The number of benzene rings is 2. The fourth-order valence-electron chi connectivity index (χ4n) is 1.84. The molecule has 2 N–H and O–H groups in total. The maximum absolute atomic E-state index is 13.6. The van der Waals surface area contributed by atoms with E-state index in [0.29, 0.717) is 0 Å². The number of rotatable bonds is 3. The first-order valence-corrected chi connectivity index (χ1v) is 5.84. The van der Waals surface area contributed by atoms with Crippen LogP contribution in [0.2, 0.25) is 5.02 Å². The highest BCUT2D eigenvalue weighted by Gasteiger charge is 2.18. The van der Waals surface area contributed by atoms with Gasteiger partial charge in [-0.05, 0) is 29.3 Å². The van der Waals surface area contributed by atoms with Crippen molar-refractivity contribution in [1.29, 1.82) is 0 Å². The summed E-state index contributed by atoms with van der Waals surface area (Å²) in [5.41, 5.74) is -0.323. The van der Waals surface area contributed by atoms with Crippen molar-refractivity contribution in [2.75, 3.05) is 0 Å².